The van der Waals surface area contributed by atoms with Crippen LogP contribution < -0.4 is 9.47 Å². The highest BCUT2D eigenvalue weighted by Gasteiger charge is 2.46. The van der Waals surface area contributed by atoms with Crippen LogP contribution in [0.1, 0.15) is 10.5 Å². The van der Waals surface area contributed by atoms with Crippen LogP contribution in [0.5, 0.6) is 11.5 Å². The van der Waals surface area contributed by atoms with E-state index in [1.807, 2.05) is 0 Å². The van der Waals surface area contributed by atoms with E-state index in [4.69, 9.17) is 28.3 Å². The number of fused-ring (bicyclic) bond motifs is 1. The van der Waals surface area contributed by atoms with Crippen molar-refractivity contribution in [2.24, 2.45) is 0 Å². The second-order valence-electron chi connectivity index (χ2n) is 4.25. The molecule has 2 heterocycles. The summed E-state index contributed by atoms with van der Waals surface area (Å²) in [5, 5.41) is 8.87. The molecule has 0 amide bonds. The Hall–Kier alpha value is -2.12. The summed E-state index contributed by atoms with van der Waals surface area (Å²) < 4.78 is 35.3. The molecule has 2 aromatic rings. The molecule has 1 aliphatic rings. The molecule has 0 saturated carbocycles. The first-order valence-corrected chi connectivity index (χ1v) is 6.52. The zero-order valence-corrected chi connectivity index (χ0v) is 12.0. The predicted molar refractivity (Wildman–Crippen MR) is 72.9 cm³/mol. The smallest absolute Gasteiger partial charge is 0.476 e. The van der Waals surface area contributed by atoms with E-state index in [0.29, 0.717) is 0 Å². The van der Waals surface area contributed by atoms with Crippen LogP contribution in [0.25, 0.3) is 11.3 Å². The van der Waals surface area contributed by atoms with Gasteiger partial charge in [0.05, 0.1) is 15.7 Å². The Morgan fingerprint density at radius 1 is 1.09 bits per heavy atom. The van der Waals surface area contributed by atoms with Crippen molar-refractivity contribution in [2.75, 3.05) is 0 Å². The number of carbonyl (C=O) groups is 1. The lowest BCUT2D eigenvalue weighted by atomic mass is 10.1. The van der Waals surface area contributed by atoms with Gasteiger partial charge in [0.15, 0.2) is 17.2 Å². The predicted octanol–water partition coefficient (Wildman–Crippen LogP) is 4.08. The topological polar surface area (TPSA) is 68.7 Å². The number of rotatable bonds is 2. The van der Waals surface area contributed by atoms with Crippen molar-refractivity contribution < 1.29 is 28.2 Å². The zero-order valence-electron chi connectivity index (χ0n) is 10.4. The van der Waals surface area contributed by atoms with Gasteiger partial charge in [0.2, 0.25) is 0 Å². The second-order valence-corrected chi connectivity index (χ2v) is 5.07. The van der Waals surface area contributed by atoms with E-state index < -0.39 is 18.0 Å². The fourth-order valence-electron chi connectivity index (χ4n) is 1.94. The maximum Gasteiger partial charge on any atom is 0.586 e. The van der Waals surface area contributed by atoms with Gasteiger partial charge in [0, 0.05) is 5.56 Å². The monoisotopic (exact) mass is 347 g/mol. The lowest BCUT2D eigenvalue weighted by molar-refractivity contribution is -0.286. The van der Waals surface area contributed by atoms with E-state index in [2.05, 4.69) is 14.5 Å². The van der Waals surface area contributed by atoms with Gasteiger partial charge < -0.3 is 14.6 Å². The molecule has 1 aromatic carbocycles. The van der Waals surface area contributed by atoms with E-state index in [-0.39, 0.29) is 32.8 Å². The molecule has 0 spiro atoms. The average molecular weight is 348 g/mol. The summed E-state index contributed by atoms with van der Waals surface area (Å²) >= 11 is 11.5. The number of aromatic carboxylic acids is 1. The maximum atomic E-state index is 13.2. The molecule has 0 unspecified atom stereocenters. The largest absolute Gasteiger partial charge is 0.586 e. The molecule has 0 bridgehead atoms. The van der Waals surface area contributed by atoms with Gasteiger partial charge in [-0.3, -0.25) is 0 Å². The van der Waals surface area contributed by atoms with Crippen molar-refractivity contribution in [1.82, 2.24) is 4.98 Å². The first-order chi connectivity index (χ1) is 10.3. The van der Waals surface area contributed by atoms with Gasteiger partial charge in [-0.1, -0.05) is 23.2 Å². The number of pyridine rings is 1. The minimum absolute atomic E-state index is 0.0663. The highest BCUT2D eigenvalue weighted by atomic mass is 35.5. The van der Waals surface area contributed by atoms with Crippen molar-refractivity contribution in [1.29, 1.82) is 0 Å². The SMILES string of the molecule is O=C(O)c1nc(-c2ccc(Cl)c3c2OC(F)(F)O3)ccc1Cl. The Balaban J connectivity index is 2.18. The van der Waals surface area contributed by atoms with Crippen LogP contribution in [0, 0.1) is 0 Å². The second kappa shape index (κ2) is 4.96. The number of ether oxygens (including phenoxy) is 2. The molecule has 22 heavy (non-hydrogen) atoms. The quantitative estimate of drug-likeness (QED) is 0.886. The van der Waals surface area contributed by atoms with Crippen LogP contribution in [0.3, 0.4) is 0 Å². The standard InChI is InChI=1S/C13H5Cl2F2NO4/c14-6-3-4-8(18-9(6)12(19)20)5-1-2-7(15)11-10(5)21-13(16,17)22-11/h1-4H,(H,19,20). The normalized spacial score (nSPS) is 14.9. The Morgan fingerprint density at radius 2 is 1.73 bits per heavy atom. The number of carboxylic acids is 1. The molecule has 1 N–H and O–H groups in total. The highest BCUT2D eigenvalue weighted by Crippen LogP contribution is 2.50. The molecule has 1 aliphatic heterocycles. The highest BCUT2D eigenvalue weighted by molar-refractivity contribution is 6.33. The molecule has 0 fully saturated rings. The van der Waals surface area contributed by atoms with Crippen molar-refractivity contribution in [2.45, 2.75) is 6.29 Å². The molecular weight excluding hydrogens is 343 g/mol. The molecule has 5 nitrogen and oxygen atoms in total. The van der Waals surface area contributed by atoms with Crippen LogP contribution >= 0.6 is 23.2 Å². The molecule has 0 aliphatic carbocycles. The number of carboxylic acid groups (broad SMARTS) is 1. The van der Waals surface area contributed by atoms with Gasteiger partial charge in [-0.2, -0.15) is 0 Å². The molecule has 1 aromatic heterocycles. The fourth-order valence-corrected chi connectivity index (χ4v) is 2.31. The number of nitrogens with zero attached hydrogens (tertiary/aromatic N) is 1. The lowest BCUT2D eigenvalue weighted by Gasteiger charge is -2.08. The Morgan fingerprint density at radius 3 is 2.41 bits per heavy atom. The summed E-state index contributed by atoms with van der Waals surface area (Å²) in [4.78, 5) is 14.9. The van der Waals surface area contributed by atoms with Crippen molar-refractivity contribution in [3.05, 3.63) is 40.0 Å². The summed E-state index contributed by atoms with van der Waals surface area (Å²) in [6.45, 7) is 0. The van der Waals surface area contributed by atoms with Crippen LogP contribution in [0.2, 0.25) is 10.0 Å². The Bertz CT molecular complexity index is 798. The summed E-state index contributed by atoms with van der Waals surface area (Å²) in [6.07, 6.45) is -3.86. The lowest BCUT2D eigenvalue weighted by Crippen LogP contribution is -2.26. The number of alkyl halides is 2. The van der Waals surface area contributed by atoms with Crippen LogP contribution in [-0.2, 0) is 0 Å². The first-order valence-electron chi connectivity index (χ1n) is 5.77. The van der Waals surface area contributed by atoms with Crippen LogP contribution in [0.4, 0.5) is 8.78 Å². The van der Waals surface area contributed by atoms with Gasteiger partial charge >= 0.3 is 12.3 Å². The Labute approximate surface area is 132 Å². The summed E-state index contributed by atoms with van der Waals surface area (Å²) in [5.74, 6) is -2.00. The van der Waals surface area contributed by atoms with Gasteiger partial charge in [-0.15, -0.1) is 8.78 Å². The van der Waals surface area contributed by atoms with Crippen molar-refractivity contribution in [3.8, 4) is 22.8 Å². The first kappa shape index (κ1) is 14.8. The number of aromatic nitrogens is 1. The number of benzene rings is 1. The molecule has 0 saturated heterocycles. The zero-order chi connectivity index (χ0) is 16.1. The summed E-state index contributed by atoms with van der Waals surface area (Å²) in [5.41, 5.74) is -0.222. The average Bonchev–Trinajstić information content (AvgIpc) is 2.76. The summed E-state index contributed by atoms with van der Waals surface area (Å²) in [6, 6.07) is 5.35. The van der Waals surface area contributed by atoms with Crippen LogP contribution in [-0.4, -0.2) is 22.4 Å². The number of hydrogen-bond donors (Lipinski definition) is 1. The van der Waals surface area contributed by atoms with E-state index in [9.17, 15) is 13.6 Å². The molecule has 9 heteroatoms. The third kappa shape index (κ3) is 2.42. The summed E-state index contributed by atoms with van der Waals surface area (Å²) in [7, 11) is 0. The molecule has 0 atom stereocenters. The minimum Gasteiger partial charge on any atom is -0.476 e. The third-order valence-corrected chi connectivity index (χ3v) is 3.43. The maximum absolute atomic E-state index is 13.2. The van der Waals surface area contributed by atoms with Gasteiger partial charge in [0.25, 0.3) is 0 Å². The van der Waals surface area contributed by atoms with Gasteiger partial charge in [-0.05, 0) is 24.3 Å². The number of hydrogen-bond acceptors (Lipinski definition) is 4. The van der Waals surface area contributed by atoms with E-state index in [1.54, 1.807) is 0 Å². The Kier molecular flexibility index (Phi) is 3.34. The number of halogens is 4. The molecular formula is C13H5Cl2F2NO4. The molecule has 114 valence electrons. The van der Waals surface area contributed by atoms with E-state index in [1.165, 1.54) is 24.3 Å². The third-order valence-electron chi connectivity index (χ3n) is 2.83. The van der Waals surface area contributed by atoms with E-state index >= 15 is 0 Å². The fraction of sp³-hybridized carbons (Fsp3) is 0.0769. The van der Waals surface area contributed by atoms with Crippen molar-refractivity contribution >= 4 is 29.2 Å². The van der Waals surface area contributed by atoms with E-state index in [0.717, 1.165) is 0 Å². The van der Waals surface area contributed by atoms with Crippen molar-refractivity contribution in [3.63, 3.8) is 0 Å². The van der Waals surface area contributed by atoms with Gasteiger partial charge in [-0.25, -0.2) is 9.78 Å². The van der Waals surface area contributed by atoms with Gasteiger partial charge in [0.1, 0.15) is 0 Å². The molecule has 3 rings (SSSR count). The minimum atomic E-state index is -3.86. The molecule has 0 radical (unpaired) electrons. The van der Waals surface area contributed by atoms with Crippen LogP contribution in [0.15, 0.2) is 24.3 Å².